The third-order valence-corrected chi connectivity index (χ3v) is 8.10. The van der Waals surface area contributed by atoms with Crippen LogP contribution < -0.4 is 5.32 Å². The Kier molecular flexibility index (Phi) is 6.20. The Hall–Kier alpha value is -6.07. The first-order valence-corrected chi connectivity index (χ1v) is 14.6. The van der Waals surface area contributed by atoms with Crippen LogP contribution in [0, 0.1) is 5.41 Å². The zero-order valence-corrected chi connectivity index (χ0v) is 23.8. The first kappa shape index (κ1) is 25.6. The van der Waals surface area contributed by atoms with Crippen LogP contribution in [0.2, 0.25) is 0 Å². The number of para-hydroxylation sites is 2. The van der Waals surface area contributed by atoms with E-state index >= 15 is 0 Å². The van der Waals surface area contributed by atoms with Gasteiger partial charge in [-0.25, -0.2) is 9.97 Å². The zero-order chi connectivity index (χ0) is 29.5. The molecule has 0 aliphatic heterocycles. The van der Waals surface area contributed by atoms with Crippen LogP contribution in [0.25, 0.3) is 60.8 Å². The lowest BCUT2D eigenvalue weighted by Gasteiger charge is -2.15. The summed E-state index contributed by atoms with van der Waals surface area (Å²) in [6.07, 6.45) is 1.26. The molecule has 0 unspecified atom stereocenters. The molecule has 0 atom stereocenters. The lowest BCUT2D eigenvalue weighted by atomic mass is 10.0. The molecule has 0 saturated carbocycles. The monoisotopic (exact) mass is 565 g/mol. The first-order chi connectivity index (χ1) is 21.8. The van der Waals surface area contributed by atoms with E-state index in [1.807, 2.05) is 60.7 Å². The molecule has 0 saturated heterocycles. The molecule has 0 amide bonds. The largest absolute Gasteiger partial charge is 0.338 e. The number of aromatic nitrogens is 3. The van der Waals surface area contributed by atoms with Crippen molar-refractivity contribution in [2.75, 3.05) is 5.32 Å². The minimum Gasteiger partial charge on any atom is -0.338 e. The second kappa shape index (κ2) is 10.6. The van der Waals surface area contributed by atoms with Gasteiger partial charge in [-0.05, 0) is 47.2 Å². The van der Waals surface area contributed by atoms with E-state index in [0.717, 1.165) is 33.9 Å². The van der Waals surface area contributed by atoms with Crippen LogP contribution in [0.1, 0.15) is 5.69 Å². The molecule has 0 bridgehead atoms. The predicted octanol–water partition coefficient (Wildman–Crippen LogP) is 9.80. The number of hydrogen-bond acceptors (Lipinski definition) is 4. The fourth-order valence-corrected chi connectivity index (χ4v) is 6.08. The predicted molar refractivity (Wildman–Crippen MR) is 182 cm³/mol. The Balaban J connectivity index is 1.28. The van der Waals surface area contributed by atoms with E-state index < -0.39 is 0 Å². The number of rotatable bonds is 6. The Morgan fingerprint density at radius 2 is 1.18 bits per heavy atom. The summed E-state index contributed by atoms with van der Waals surface area (Å²) >= 11 is 0. The van der Waals surface area contributed by atoms with E-state index in [9.17, 15) is 0 Å². The topological polar surface area (TPSA) is 66.6 Å². The van der Waals surface area contributed by atoms with Crippen molar-refractivity contribution in [3.8, 4) is 28.2 Å². The van der Waals surface area contributed by atoms with Gasteiger partial charge in [0.05, 0.1) is 22.4 Å². The Morgan fingerprint density at radius 3 is 1.95 bits per heavy atom. The summed E-state index contributed by atoms with van der Waals surface area (Å²) in [7, 11) is 0. The second-order valence-electron chi connectivity index (χ2n) is 10.7. The molecule has 8 rings (SSSR count). The molecule has 0 radical (unpaired) electrons. The van der Waals surface area contributed by atoms with Crippen LogP contribution in [-0.2, 0) is 0 Å². The molecule has 44 heavy (non-hydrogen) atoms. The van der Waals surface area contributed by atoms with Crippen molar-refractivity contribution in [3.63, 3.8) is 0 Å². The van der Waals surface area contributed by atoms with E-state index in [2.05, 4.69) is 94.8 Å². The van der Waals surface area contributed by atoms with E-state index in [4.69, 9.17) is 15.4 Å². The van der Waals surface area contributed by atoms with Gasteiger partial charge in [0.25, 0.3) is 0 Å². The number of hydrogen-bond donors (Lipinski definition) is 2. The van der Waals surface area contributed by atoms with Gasteiger partial charge < -0.3 is 15.3 Å². The standard InChI is InChI=1S/C39H27N5/c40-25-33-39(41-29-14-5-2-6-15-29)43-38(27-12-3-1-4-13-27)37(42-33)28-19-22-30(23-20-28)44-34-18-10-9-17-32(34)36-31-16-8-7-11-26(31)21-24-35(36)44/h1-25,40H,(H,41,43). The lowest BCUT2D eigenvalue weighted by Crippen LogP contribution is -2.05. The van der Waals surface area contributed by atoms with E-state index in [1.54, 1.807) is 0 Å². The molecule has 8 aromatic rings. The van der Waals surface area contributed by atoms with Crippen molar-refractivity contribution >= 4 is 50.3 Å². The van der Waals surface area contributed by atoms with Crippen LogP contribution >= 0.6 is 0 Å². The average molecular weight is 566 g/mol. The smallest absolute Gasteiger partial charge is 0.158 e. The van der Waals surface area contributed by atoms with Crippen molar-refractivity contribution in [1.29, 1.82) is 5.41 Å². The van der Waals surface area contributed by atoms with Gasteiger partial charge in [0.15, 0.2) is 5.82 Å². The number of benzene rings is 6. The highest BCUT2D eigenvalue weighted by atomic mass is 15.0. The molecule has 2 heterocycles. The molecule has 0 aliphatic rings. The van der Waals surface area contributed by atoms with Gasteiger partial charge in [0.2, 0.25) is 0 Å². The molecule has 0 aliphatic carbocycles. The van der Waals surface area contributed by atoms with Crippen LogP contribution in [0.3, 0.4) is 0 Å². The highest BCUT2D eigenvalue weighted by Gasteiger charge is 2.18. The van der Waals surface area contributed by atoms with Crippen LogP contribution in [0.15, 0.2) is 146 Å². The second-order valence-corrected chi connectivity index (χ2v) is 10.7. The van der Waals surface area contributed by atoms with Gasteiger partial charge >= 0.3 is 0 Å². The van der Waals surface area contributed by atoms with Crippen molar-refractivity contribution in [3.05, 3.63) is 151 Å². The van der Waals surface area contributed by atoms with E-state index in [1.165, 1.54) is 38.8 Å². The maximum absolute atomic E-state index is 8.15. The fraction of sp³-hybridized carbons (Fsp3) is 0. The average Bonchev–Trinajstić information content (AvgIpc) is 3.44. The quantitative estimate of drug-likeness (QED) is 0.197. The summed E-state index contributed by atoms with van der Waals surface area (Å²) in [6, 6.07) is 50.0. The minimum absolute atomic E-state index is 0.474. The summed E-state index contributed by atoms with van der Waals surface area (Å²) in [5.74, 6) is 0.544. The molecular weight excluding hydrogens is 538 g/mol. The molecule has 208 valence electrons. The normalized spacial score (nSPS) is 11.3. The Bertz CT molecular complexity index is 2300. The van der Waals surface area contributed by atoms with Crippen LogP contribution in [0.4, 0.5) is 11.5 Å². The van der Waals surface area contributed by atoms with Gasteiger partial charge in [0.1, 0.15) is 5.69 Å². The molecule has 6 aromatic carbocycles. The maximum Gasteiger partial charge on any atom is 0.158 e. The van der Waals surface area contributed by atoms with Crippen molar-refractivity contribution in [2.45, 2.75) is 0 Å². The molecule has 5 heteroatoms. The maximum atomic E-state index is 8.15. The summed E-state index contributed by atoms with van der Waals surface area (Å²) in [5, 5.41) is 16.5. The summed E-state index contributed by atoms with van der Waals surface area (Å²) in [6.45, 7) is 0. The Morgan fingerprint density at radius 1 is 0.545 bits per heavy atom. The number of nitrogens with one attached hydrogen (secondary N) is 2. The third-order valence-electron chi connectivity index (χ3n) is 8.10. The van der Waals surface area contributed by atoms with Crippen molar-refractivity contribution < 1.29 is 0 Å². The Labute approximate surface area is 254 Å². The van der Waals surface area contributed by atoms with Crippen molar-refractivity contribution in [1.82, 2.24) is 14.5 Å². The molecule has 5 nitrogen and oxygen atoms in total. The third kappa shape index (κ3) is 4.30. The summed E-state index contributed by atoms with van der Waals surface area (Å²) < 4.78 is 2.33. The number of nitrogens with zero attached hydrogens (tertiary/aromatic N) is 3. The minimum atomic E-state index is 0.474. The first-order valence-electron chi connectivity index (χ1n) is 14.6. The lowest BCUT2D eigenvalue weighted by molar-refractivity contribution is 1.17. The van der Waals surface area contributed by atoms with Gasteiger partial charge in [-0.2, -0.15) is 0 Å². The molecule has 0 spiro atoms. The zero-order valence-electron chi connectivity index (χ0n) is 23.8. The number of anilines is 2. The van der Waals surface area contributed by atoms with E-state index in [-0.39, 0.29) is 0 Å². The van der Waals surface area contributed by atoms with E-state index in [0.29, 0.717) is 11.5 Å². The van der Waals surface area contributed by atoms with Crippen LogP contribution in [-0.4, -0.2) is 20.7 Å². The van der Waals surface area contributed by atoms with Gasteiger partial charge in [-0.15, -0.1) is 0 Å². The SMILES string of the molecule is N=Cc1nc(-c2ccc(-n3c4ccccc4c4c5ccccc5ccc43)cc2)c(-c2ccccc2)nc1Nc1ccccc1. The number of fused-ring (bicyclic) bond motifs is 5. The van der Waals surface area contributed by atoms with Crippen LogP contribution in [0.5, 0.6) is 0 Å². The molecular formula is C39H27N5. The highest BCUT2D eigenvalue weighted by molar-refractivity contribution is 6.21. The van der Waals surface area contributed by atoms with Gasteiger partial charge in [0, 0.05) is 39.5 Å². The fourth-order valence-electron chi connectivity index (χ4n) is 6.08. The summed E-state index contributed by atoms with van der Waals surface area (Å²) in [5.41, 5.74) is 8.14. The molecule has 2 N–H and O–H groups in total. The molecule has 0 fully saturated rings. The van der Waals surface area contributed by atoms with Crippen molar-refractivity contribution in [2.24, 2.45) is 0 Å². The van der Waals surface area contributed by atoms with Gasteiger partial charge in [-0.1, -0.05) is 109 Å². The van der Waals surface area contributed by atoms with Gasteiger partial charge in [-0.3, -0.25) is 0 Å². The molecule has 2 aromatic heterocycles. The summed E-state index contributed by atoms with van der Waals surface area (Å²) in [4.78, 5) is 10.0. The highest BCUT2D eigenvalue weighted by Crippen LogP contribution is 2.38.